The van der Waals surface area contributed by atoms with Crippen molar-refractivity contribution in [2.45, 2.75) is 57.5 Å². The Balaban J connectivity index is 3.02. The van der Waals surface area contributed by atoms with E-state index in [4.69, 9.17) is 11.6 Å². The summed E-state index contributed by atoms with van der Waals surface area (Å²) in [6, 6.07) is 3.19. The van der Waals surface area contributed by atoms with Crippen LogP contribution in [0.4, 0.5) is 0 Å². The zero-order valence-corrected chi connectivity index (χ0v) is 17.2. The number of rotatable bonds is 7. The van der Waals surface area contributed by atoms with Crippen molar-refractivity contribution in [1.82, 2.24) is 15.4 Å². The average molecular weight is 404 g/mol. The molecular formula is C17H26ClN3O4S. The third-order valence-corrected chi connectivity index (χ3v) is 5.45. The van der Waals surface area contributed by atoms with E-state index >= 15 is 0 Å². The molecule has 0 bridgehead atoms. The maximum atomic E-state index is 12.5. The van der Waals surface area contributed by atoms with Crippen molar-refractivity contribution in [3.05, 3.63) is 28.8 Å². The highest BCUT2D eigenvalue weighted by atomic mass is 35.5. The van der Waals surface area contributed by atoms with Crippen LogP contribution in [0, 0.1) is 0 Å². The third-order valence-electron chi connectivity index (χ3n) is 3.21. The number of nitrogens with one attached hydrogen (secondary N) is 3. The molecule has 0 radical (unpaired) electrons. The zero-order valence-electron chi connectivity index (χ0n) is 15.6. The fourth-order valence-electron chi connectivity index (χ4n) is 2.06. The summed E-state index contributed by atoms with van der Waals surface area (Å²) in [5.41, 5.74) is -0.606. The lowest BCUT2D eigenvalue weighted by atomic mass is 10.1. The summed E-state index contributed by atoms with van der Waals surface area (Å²) in [4.78, 5) is 24.0. The van der Waals surface area contributed by atoms with Crippen LogP contribution >= 0.6 is 11.6 Å². The van der Waals surface area contributed by atoms with Crippen LogP contribution in [0.2, 0.25) is 5.02 Å². The highest BCUT2D eigenvalue weighted by molar-refractivity contribution is 7.89. The first-order valence-corrected chi connectivity index (χ1v) is 10.2. The number of hydrogen-bond donors (Lipinski definition) is 3. The molecule has 0 spiro atoms. The fraction of sp³-hybridized carbons (Fsp3) is 0.529. The van der Waals surface area contributed by atoms with Gasteiger partial charge in [0.05, 0.1) is 5.02 Å². The van der Waals surface area contributed by atoms with Crippen molar-refractivity contribution < 1.29 is 18.0 Å². The Kier molecular flexibility index (Phi) is 7.61. The molecule has 0 aliphatic heterocycles. The largest absolute Gasteiger partial charge is 0.354 e. The van der Waals surface area contributed by atoms with E-state index in [9.17, 15) is 18.0 Å². The number of hydrogen-bond acceptors (Lipinski definition) is 4. The summed E-state index contributed by atoms with van der Waals surface area (Å²) < 4.78 is 27.5. The highest BCUT2D eigenvalue weighted by Crippen LogP contribution is 2.24. The van der Waals surface area contributed by atoms with Crippen molar-refractivity contribution in [2.24, 2.45) is 0 Å². The van der Waals surface area contributed by atoms with Gasteiger partial charge in [-0.25, -0.2) is 13.1 Å². The number of amides is 2. The molecule has 0 aliphatic rings. The summed E-state index contributed by atoms with van der Waals surface area (Å²) in [6.07, 6.45) is 0.783. The second-order valence-corrected chi connectivity index (χ2v) is 9.04. The number of carbonyl (C=O) groups excluding carboxylic acids is 2. The van der Waals surface area contributed by atoms with E-state index in [1.807, 2.05) is 6.92 Å². The smallest absolute Gasteiger partial charge is 0.251 e. The summed E-state index contributed by atoms with van der Waals surface area (Å²) in [7, 11) is -3.90. The van der Waals surface area contributed by atoms with Gasteiger partial charge in [0.2, 0.25) is 15.9 Å². The first-order valence-electron chi connectivity index (χ1n) is 8.29. The maximum absolute atomic E-state index is 12.5. The third kappa shape index (κ3) is 6.59. The maximum Gasteiger partial charge on any atom is 0.251 e. The number of halogens is 1. The number of sulfonamides is 1. The Morgan fingerprint density at radius 2 is 1.85 bits per heavy atom. The van der Waals surface area contributed by atoms with Crippen LogP contribution in [0.25, 0.3) is 0 Å². The Morgan fingerprint density at radius 1 is 1.23 bits per heavy atom. The molecule has 0 heterocycles. The van der Waals surface area contributed by atoms with Gasteiger partial charge in [-0.1, -0.05) is 18.5 Å². The molecule has 0 saturated heterocycles. The second-order valence-electron chi connectivity index (χ2n) is 6.99. The van der Waals surface area contributed by atoms with E-state index in [-0.39, 0.29) is 21.4 Å². The van der Waals surface area contributed by atoms with Crippen LogP contribution in [0.1, 0.15) is 51.4 Å². The number of carbonyl (C=O) groups is 2. The lowest BCUT2D eigenvalue weighted by Gasteiger charge is -2.21. The predicted molar refractivity (Wildman–Crippen MR) is 102 cm³/mol. The van der Waals surface area contributed by atoms with Crippen molar-refractivity contribution >= 4 is 33.4 Å². The molecular weight excluding hydrogens is 378 g/mol. The van der Waals surface area contributed by atoms with Gasteiger partial charge in [0.25, 0.3) is 5.91 Å². The number of benzene rings is 1. The van der Waals surface area contributed by atoms with Gasteiger partial charge in [0.1, 0.15) is 10.9 Å². The summed E-state index contributed by atoms with van der Waals surface area (Å²) in [5, 5.41) is 5.23. The molecule has 7 nitrogen and oxygen atoms in total. The minimum Gasteiger partial charge on any atom is -0.354 e. The van der Waals surface area contributed by atoms with Crippen molar-refractivity contribution in [2.75, 3.05) is 6.54 Å². The first kappa shape index (κ1) is 22.4. The molecule has 26 heavy (non-hydrogen) atoms. The zero-order chi connectivity index (χ0) is 20.1. The quantitative estimate of drug-likeness (QED) is 0.648. The van der Waals surface area contributed by atoms with E-state index in [2.05, 4.69) is 15.4 Å². The molecule has 1 aromatic rings. The Hall–Kier alpha value is -1.64. The lowest BCUT2D eigenvalue weighted by Crippen LogP contribution is -2.45. The molecule has 9 heteroatoms. The van der Waals surface area contributed by atoms with Gasteiger partial charge in [-0.3, -0.25) is 9.59 Å². The second kappa shape index (κ2) is 8.83. The summed E-state index contributed by atoms with van der Waals surface area (Å²) >= 11 is 6.01. The minimum absolute atomic E-state index is 0.00652. The van der Waals surface area contributed by atoms with Gasteiger partial charge in [0.15, 0.2) is 0 Å². The molecule has 1 rings (SSSR count). The van der Waals surface area contributed by atoms with Crippen LogP contribution in [0.5, 0.6) is 0 Å². The highest BCUT2D eigenvalue weighted by Gasteiger charge is 2.26. The van der Waals surface area contributed by atoms with Gasteiger partial charge in [-0.15, -0.1) is 0 Å². The van der Waals surface area contributed by atoms with Gasteiger partial charge >= 0.3 is 0 Å². The van der Waals surface area contributed by atoms with E-state index in [0.717, 1.165) is 6.42 Å². The average Bonchev–Trinajstić information content (AvgIpc) is 2.50. The molecule has 1 aromatic carbocycles. The van der Waals surface area contributed by atoms with E-state index in [0.29, 0.717) is 6.54 Å². The lowest BCUT2D eigenvalue weighted by molar-refractivity contribution is -0.122. The van der Waals surface area contributed by atoms with Crippen LogP contribution in [0.15, 0.2) is 23.1 Å². The Bertz CT molecular complexity index is 773. The van der Waals surface area contributed by atoms with E-state index < -0.39 is 27.5 Å². The van der Waals surface area contributed by atoms with Crippen LogP contribution in [-0.2, 0) is 14.8 Å². The van der Waals surface area contributed by atoms with Gasteiger partial charge in [-0.2, -0.15) is 0 Å². The van der Waals surface area contributed by atoms with Crippen LogP contribution < -0.4 is 15.4 Å². The van der Waals surface area contributed by atoms with Gasteiger partial charge < -0.3 is 10.6 Å². The molecule has 1 atom stereocenters. The van der Waals surface area contributed by atoms with Crippen molar-refractivity contribution in [3.63, 3.8) is 0 Å². The van der Waals surface area contributed by atoms with E-state index in [1.54, 1.807) is 27.7 Å². The molecule has 0 aromatic heterocycles. The van der Waals surface area contributed by atoms with E-state index in [1.165, 1.54) is 18.2 Å². The molecule has 0 aliphatic carbocycles. The Labute approximate surface area is 159 Å². The normalized spacial score (nSPS) is 13.2. The standard InChI is InChI=1S/C17H26ClN3O4S/c1-6-9-19-15(22)11(2)20-16(23)12-7-8-13(18)14(10-12)26(24,25)21-17(3,4)5/h7-8,10-11,21H,6,9H2,1-5H3,(H,19,22)(H,20,23). The van der Waals surface area contributed by atoms with Gasteiger partial charge in [-0.05, 0) is 52.3 Å². The fourth-order valence-corrected chi connectivity index (χ4v) is 4.00. The van der Waals surface area contributed by atoms with Crippen molar-refractivity contribution in [1.29, 1.82) is 0 Å². The molecule has 1 unspecified atom stereocenters. The molecule has 146 valence electrons. The van der Waals surface area contributed by atoms with Crippen LogP contribution in [0.3, 0.4) is 0 Å². The topological polar surface area (TPSA) is 104 Å². The minimum atomic E-state index is -3.90. The SMILES string of the molecule is CCCNC(=O)C(C)NC(=O)c1ccc(Cl)c(S(=O)(=O)NC(C)(C)C)c1. The molecule has 0 fully saturated rings. The predicted octanol–water partition coefficient (Wildman–Crippen LogP) is 2.06. The van der Waals surface area contributed by atoms with Gasteiger partial charge in [0, 0.05) is 17.6 Å². The first-order chi connectivity index (χ1) is 11.9. The molecule has 0 saturated carbocycles. The Morgan fingerprint density at radius 3 is 2.38 bits per heavy atom. The monoisotopic (exact) mass is 403 g/mol. The summed E-state index contributed by atoms with van der Waals surface area (Å²) in [6.45, 7) is 9.09. The van der Waals surface area contributed by atoms with Crippen molar-refractivity contribution in [3.8, 4) is 0 Å². The molecule has 2 amide bonds. The summed E-state index contributed by atoms with van der Waals surface area (Å²) in [5.74, 6) is -0.871. The molecule has 3 N–H and O–H groups in total. The van der Waals surface area contributed by atoms with Crippen LogP contribution in [-0.4, -0.2) is 38.4 Å².